The van der Waals surface area contributed by atoms with Crippen LogP contribution in [-0.4, -0.2) is 57.7 Å². The standard InChI is InChI=1S/C22H21FN4O5/c1-2-31-21(30)14-11-25-27-18(14)24-10-15(20(27)29)19(28)26-7-5-22(6-8-26)12-32-17-4-3-13(23)9-16(17)22/h3-4,9-11,25H,2,5-8,12H2,1H3. The highest BCUT2D eigenvalue weighted by Crippen LogP contribution is 2.45. The number of fused-ring (bicyclic) bond motifs is 3. The highest BCUT2D eigenvalue weighted by molar-refractivity contribution is 5.97. The van der Waals surface area contributed by atoms with Gasteiger partial charge in [0.25, 0.3) is 11.5 Å². The smallest absolute Gasteiger partial charge is 0.343 e. The topological polar surface area (TPSA) is 106 Å². The normalized spacial score (nSPS) is 16.8. The number of hydrogen-bond acceptors (Lipinski definition) is 6. The molecule has 10 heteroatoms. The van der Waals surface area contributed by atoms with Crippen molar-refractivity contribution in [3.8, 4) is 5.75 Å². The van der Waals surface area contributed by atoms with E-state index in [1.165, 1.54) is 24.5 Å². The van der Waals surface area contributed by atoms with Gasteiger partial charge in [0.15, 0.2) is 5.65 Å². The summed E-state index contributed by atoms with van der Waals surface area (Å²) < 4.78 is 25.6. The molecule has 0 atom stereocenters. The largest absolute Gasteiger partial charge is 0.492 e. The van der Waals surface area contributed by atoms with Gasteiger partial charge in [-0.1, -0.05) is 0 Å². The summed E-state index contributed by atoms with van der Waals surface area (Å²) in [6.45, 7) is 3.12. The fourth-order valence-corrected chi connectivity index (χ4v) is 4.52. The van der Waals surface area contributed by atoms with E-state index in [0.717, 1.165) is 10.1 Å². The molecular weight excluding hydrogens is 419 g/mol. The van der Waals surface area contributed by atoms with Crippen LogP contribution in [0.25, 0.3) is 5.65 Å². The van der Waals surface area contributed by atoms with E-state index >= 15 is 0 Å². The number of nitrogens with zero attached hydrogens (tertiary/aromatic N) is 3. The lowest BCUT2D eigenvalue weighted by atomic mass is 9.74. The van der Waals surface area contributed by atoms with Crippen LogP contribution >= 0.6 is 0 Å². The average molecular weight is 440 g/mol. The highest BCUT2D eigenvalue weighted by atomic mass is 19.1. The van der Waals surface area contributed by atoms with Gasteiger partial charge in [-0.2, -0.15) is 0 Å². The zero-order valence-electron chi connectivity index (χ0n) is 17.4. The van der Waals surface area contributed by atoms with E-state index in [1.807, 2.05) is 0 Å². The summed E-state index contributed by atoms with van der Waals surface area (Å²) in [7, 11) is 0. The lowest BCUT2D eigenvalue weighted by Gasteiger charge is -2.38. The van der Waals surface area contributed by atoms with Crippen LogP contribution in [0, 0.1) is 5.82 Å². The number of piperidine rings is 1. The van der Waals surface area contributed by atoms with Crippen molar-refractivity contribution in [1.29, 1.82) is 0 Å². The molecule has 2 aliphatic heterocycles. The Kier molecular flexibility index (Phi) is 4.72. The van der Waals surface area contributed by atoms with Gasteiger partial charge in [-0.3, -0.25) is 14.7 Å². The molecule has 0 aliphatic carbocycles. The van der Waals surface area contributed by atoms with Crippen molar-refractivity contribution in [1.82, 2.24) is 19.5 Å². The minimum absolute atomic E-state index is 0.0928. The number of benzene rings is 1. The predicted molar refractivity (Wildman–Crippen MR) is 110 cm³/mol. The molecule has 2 aliphatic rings. The Labute approximate surface area is 181 Å². The molecule has 166 valence electrons. The van der Waals surface area contributed by atoms with Crippen LogP contribution in [0.5, 0.6) is 5.75 Å². The second-order valence-electron chi connectivity index (χ2n) is 8.05. The van der Waals surface area contributed by atoms with Crippen molar-refractivity contribution < 1.29 is 23.5 Å². The van der Waals surface area contributed by atoms with Crippen molar-refractivity contribution in [2.24, 2.45) is 0 Å². The third-order valence-electron chi connectivity index (χ3n) is 6.29. The third-order valence-corrected chi connectivity index (χ3v) is 6.29. The van der Waals surface area contributed by atoms with Gasteiger partial charge in [0.05, 0.1) is 13.2 Å². The number of halogens is 1. The van der Waals surface area contributed by atoms with Crippen LogP contribution in [0.1, 0.15) is 46.0 Å². The Morgan fingerprint density at radius 2 is 2.06 bits per heavy atom. The molecule has 0 saturated carbocycles. The SMILES string of the molecule is CCOC(=O)c1c[nH]n2c(=O)c(C(=O)N3CCC4(CC3)COc3ccc(F)cc34)cnc12. The molecule has 1 aromatic carbocycles. The molecule has 9 nitrogen and oxygen atoms in total. The van der Waals surface area contributed by atoms with Crippen molar-refractivity contribution in [2.45, 2.75) is 25.2 Å². The number of likely N-dealkylation sites (tertiary alicyclic amines) is 1. The summed E-state index contributed by atoms with van der Waals surface area (Å²) in [6, 6.07) is 4.52. The summed E-state index contributed by atoms with van der Waals surface area (Å²) in [5.41, 5.74) is 0.0432. The number of nitrogens with one attached hydrogen (secondary N) is 1. The van der Waals surface area contributed by atoms with E-state index < -0.39 is 17.4 Å². The Balaban J connectivity index is 1.37. The van der Waals surface area contributed by atoms with E-state index in [4.69, 9.17) is 9.47 Å². The van der Waals surface area contributed by atoms with Gasteiger partial charge in [0, 0.05) is 36.5 Å². The van der Waals surface area contributed by atoms with Gasteiger partial charge in [-0.25, -0.2) is 18.7 Å². The third kappa shape index (κ3) is 3.05. The molecule has 0 radical (unpaired) electrons. The van der Waals surface area contributed by atoms with Crippen molar-refractivity contribution in [3.63, 3.8) is 0 Å². The lowest BCUT2D eigenvalue weighted by Crippen LogP contribution is -2.47. The number of carbonyl (C=O) groups excluding carboxylic acids is 2. The van der Waals surface area contributed by atoms with Crippen LogP contribution in [0.2, 0.25) is 0 Å². The van der Waals surface area contributed by atoms with Gasteiger partial charge in [-0.05, 0) is 38.0 Å². The predicted octanol–water partition coefficient (Wildman–Crippen LogP) is 1.90. The van der Waals surface area contributed by atoms with E-state index in [1.54, 1.807) is 17.9 Å². The molecule has 1 N–H and O–H groups in total. The Hall–Kier alpha value is -3.69. The van der Waals surface area contributed by atoms with Gasteiger partial charge < -0.3 is 14.4 Å². The van der Waals surface area contributed by atoms with Crippen molar-refractivity contribution in [3.05, 3.63) is 63.5 Å². The highest BCUT2D eigenvalue weighted by Gasteiger charge is 2.44. The molecule has 5 rings (SSSR count). The molecule has 0 bridgehead atoms. The molecule has 1 saturated heterocycles. The number of hydrogen-bond donors (Lipinski definition) is 1. The number of amides is 1. The Morgan fingerprint density at radius 3 is 2.81 bits per heavy atom. The van der Waals surface area contributed by atoms with E-state index in [-0.39, 0.29) is 34.6 Å². The summed E-state index contributed by atoms with van der Waals surface area (Å²) >= 11 is 0. The number of esters is 1. The molecule has 3 aromatic rings. The first-order chi connectivity index (χ1) is 15.4. The summed E-state index contributed by atoms with van der Waals surface area (Å²) in [5, 5.41) is 2.67. The number of rotatable bonds is 3. The first-order valence-corrected chi connectivity index (χ1v) is 10.4. The van der Waals surface area contributed by atoms with Crippen LogP contribution in [0.4, 0.5) is 4.39 Å². The zero-order valence-corrected chi connectivity index (χ0v) is 17.4. The quantitative estimate of drug-likeness (QED) is 0.624. The molecule has 1 amide bonds. The number of H-pyrrole nitrogens is 1. The summed E-state index contributed by atoms with van der Waals surface area (Å²) in [4.78, 5) is 43.7. The summed E-state index contributed by atoms with van der Waals surface area (Å²) in [6.07, 6.45) is 3.73. The molecule has 32 heavy (non-hydrogen) atoms. The maximum Gasteiger partial charge on any atom is 0.343 e. The van der Waals surface area contributed by atoms with Gasteiger partial charge >= 0.3 is 5.97 Å². The molecule has 1 fully saturated rings. The van der Waals surface area contributed by atoms with E-state index in [0.29, 0.717) is 38.3 Å². The van der Waals surface area contributed by atoms with Crippen LogP contribution in [0.3, 0.4) is 0 Å². The molecule has 4 heterocycles. The number of ether oxygens (including phenoxy) is 2. The van der Waals surface area contributed by atoms with Gasteiger partial charge in [0.2, 0.25) is 0 Å². The molecule has 0 unspecified atom stereocenters. The van der Waals surface area contributed by atoms with Crippen LogP contribution < -0.4 is 10.3 Å². The van der Waals surface area contributed by atoms with Crippen LogP contribution in [-0.2, 0) is 10.2 Å². The number of aromatic amines is 1. The second-order valence-corrected chi connectivity index (χ2v) is 8.05. The van der Waals surface area contributed by atoms with Crippen LogP contribution in [0.15, 0.2) is 35.4 Å². The molecule has 1 spiro atoms. The van der Waals surface area contributed by atoms with Crippen molar-refractivity contribution in [2.75, 3.05) is 26.3 Å². The molecule has 2 aromatic heterocycles. The summed E-state index contributed by atoms with van der Waals surface area (Å²) in [5.74, 6) is -0.664. The monoisotopic (exact) mass is 440 g/mol. The first kappa shape index (κ1) is 20.2. The average Bonchev–Trinajstić information content (AvgIpc) is 3.37. The first-order valence-electron chi connectivity index (χ1n) is 10.4. The number of aromatic nitrogens is 3. The minimum Gasteiger partial charge on any atom is -0.492 e. The Morgan fingerprint density at radius 1 is 1.28 bits per heavy atom. The fraction of sp³-hybridized carbons (Fsp3) is 0.364. The molecular formula is C22H21FN4O5. The maximum atomic E-state index is 13.8. The van der Waals surface area contributed by atoms with E-state index in [9.17, 15) is 18.8 Å². The van der Waals surface area contributed by atoms with E-state index in [2.05, 4.69) is 10.1 Å². The maximum absolute atomic E-state index is 13.8. The second kappa shape index (κ2) is 7.47. The van der Waals surface area contributed by atoms with Gasteiger partial charge in [0.1, 0.15) is 22.7 Å². The van der Waals surface area contributed by atoms with Crippen molar-refractivity contribution >= 4 is 17.5 Å². The zero-order chi connectivity index (χ0) is 22.5. The Bertz CT molecular complexity index is 1290. The fourth-order valence-electron chi connectivity index (χ4n) is 4.52. The number of carbonyl (C=O) groups is 2. The van der Waals surface area contributed by atoms with Gasteiger partial charge in [-0.15, -0.1) is 0 Å². The lowest BCUT2D eigenvalue weighted by molar-refractivity contribution is 0.0528. The minimum atomic E-state index is -0.603.